The fourth-order valence-electron chi connectivity index (χ4n) is 4.03. The Morgan fingerprint density at radius 2 is 2.03 bits per heavy atom. The molecule has 1 aromatic heterocycles. The van der Waals surface area contributed by atoms with E-state index in [0.29, 0.717) is 38.9 Å². The van der Waals surface area contributed by atoms with Crippen molar-refractivity contribution >= 4 is 27.6 Å². The molecule has 1 fully saturated rings. The molecule has 0 radical (unpaired) electrons. The molecule has 1 saturated heterocycles. The van der Waals surface area contributed by atoms with Gasteiger partial charge >= 0.3 is 10.0 Å². The molecule has 0 bridgehead atoms. The summed E-state index contributed by atoms with van der Waals surface area (Å²) in [6.45, 7) is 4.95. The number of ketones is 1. The number of rotatable bonds is 12. The summed E-state index contributed by atoms with van der Waals surface area (Å²) in [4.78, 5) is 21.1. The van der Waals surface area contributed by atoms with Gasteiger partial charge in [-0.1, -0.05) is 0 Å². The minimum atomic E-state index is -3.17. The van der Waals surface area contributed by atoms with Crippen molar-refractivity contribution in [2.75, 3.05) is 50.2 Å². The van der Waals surface area contributed by atoms with Gasteiger partial charge in [0.1, 0.15) is 22.9 Å². The average Bonchev–Trinajstić information content (AvgIpc) is 2.88. The van der Waals surface area contributed by atoms with Crippen molar-refractivity contribution in [3.05, 3.63) is 41.1 Å². The van der Waals surface area contributed by atoms with E-state index in [1.165, 1.54) is 7.11 Å². The topological polar surface area (TPSA) is 164 Å². The number of aliphatic hydroxyl groups excluding tert-OH is 1. The van der Waals surface area contributed by atoms with E-state index in [2.05, 4.69) is 20.6 Å². The van der Waals surface area contributed by atoms with E-state index >= 15 is 0 Å². The molecule has 0 aliphatic carbocycles. The number of carbonyl (C=O) groups is 1. The van der Waals surface area contributed by atoms with Gasteiger partial charge in [0, 0.05) is 30.9 Å². The number of methoxy groups -OCH3 is 1. The molecule has 2 aromatic rings. The number of ether oxygens (including phenoxy) is 1. The Kier molecular flexibility index (Phi) is 9.57. The molecule has 0 spiro atoms. The lowest BCUT2D eigenvalue weighted by molar-refractivity contribution is 0.103. The van der Waals surface area contributed by atoms with Crippen molar-refractivity contribution < 1.29 is 31.8 Å². The van der Waals surface area contributed by atoms with Gasteiger partial charge in [-0.2, -0.15) is 13.5 Å². The number of hydrogen-bond donors (Lipinski definition) is 4. The summed E-state index contributed by atoms with van der Waals surface area (Å²) in [6, 6.07) is 1.90. The first-order valence-corrected chi connectivity index (χ1v) is 13.8. The number of nitrogens with one attached hydrogen (secondary N) is 2. The number of nitrogen functional groups attached to an aromatic ring is 1. The molecule has 1 aliphatic rings. The van der Waals surface area contributed by atoms with Crippen molar-refractivity contribution in [2.24, 2.45) is 0 Å². The smallest absolute Gasteiger partial charge is 0.345 e. The molecule has 0 saturated carbocycles. The van der Waals surface area contributed by atoms with Crippen molar-refractivity contribution in [3.8, 4) is 5.75 Å². The molecule has 2 heterocycles. The van der Waals surface area contributed by atoms with Gasteiger partial charge in [-0.25, -0.2) is 18.0 Å². The Hall–Kier alpha value is -2.94. The Bertz CT molecular complexity index is 1250. The fourth-order valence-corrected chi connectivity index (χ4v) is 5.59. The summed E-state index contributed by atoms with van der Waals surface area (Å²) in [5.74, 6) is -3.57. The summed E-state index contributed by atoms with van der Waals surface area (Å²) in [7, 11) is -1.94. The van der Waals surface area contributed by atoms with Crippen LogP contribution in [0.5, 0.6) is 5.75 Å². The number of nitrogens with zero attached hydrogens (tertiary/aromatic N) is 3. The number of piperidine rings is 1. The van der Waals surface area contributed by atoms with Gasteiger partial charge in [0.05, 0.1) is 19.3 Å². The van der Waals surface area contributed by atoms with Crippen LogP contribution in [0, 0.1) is 11.6 Å². The third-order valence-electron chi connectivity index (χ3n) is 6.34. The Morgan fingerprint density at radius 3 is 2.63 bits per heavy atom. The summed E-state index contributed by atoms with van der Waals surface area (Å²) < 4.78 is 58.0. The molecule has 0 amide bonds. The summed E-state index contributed by atoms with van der Waals surface area (Å²) in [6.07, 6.45) is 2.71. The van der Waals surface area contributed by atoms with Crippen LogP contribution in [0.2, 0.25) is 0 Å². The van der Waals surface area contributed by atoms with Gasteiger partial charge in [0.15, 0.2) is 11.6 Å². The Labute approximate surface area is 220 Å². The first kappa shape index (κ1) is 29.6. The number of benzene rings is 1. The largest absolute Gasteiger partial charge is 0.496 e. The van der Waals surface area contributed by atoms with Crippen LogP contribution in [0.3, 0.4) is 0 Å². The van der Waals surface area contributed by atoms with E-state index in [0.717, 1.165) is 18.3 Å². The zero-order valence-corrected chi connectivity index (χ0v) is 22.5. The van der Waals surface area contributed by atoms with Crippen molar-refractivity contribution in [2.45, 2.75) is 44.7 Å². The minimum absolute atomic E-state index is 0.0310. The highest BCUT2D eigenvalue weighted by molar-refractivity contribution is 7.89. The van der Waals surface area contributed by atoms with Gasteiger partial charge in [-0.15, -0.1) is 0 Å². The van der Waals surface area contributed by atoms with E-state index in [1.54, 1.807) is 4.31 Å². The normalized spacial score (nSPS) is 16.7. The summed E-state index contributed by atoms with van der Waals surface area (Å²) >= 11 is 0. The van der Waals surface area contributed by atoms with Gasteiger partial charge < -0.3 is 26.2 Å². The third-order valence-corrected chi connectivity index (χ3v) is 8.34. The van der Waals surface area contributed by atoms with Gasteiger partial charge in [0.2, 0.25) is 11.7 Å². The van der Waals surface area contributed by atoms with E-state index in [1.807, 2.05) is 13.8 Å². The number of hydrogen-bond acceptors (Lipinski definition) is 9. The van der Waals surface area contributed by atoms with Crippen LogP contribution < -0.4 is 21.1 Å². The lowest BCUT2D eigenvalue weighted by Crippen LogP contribution is -2.45. The van der Waals surface area contributed by atoms with Crippen LogP contribution in [0.1, 0.15) is 49.0 Å². The van der Waals surface area contributed by atoms with Crippen LogP contribution in [0.4, 0.5) is 20.5 Å². The number of carbonyl (C=O) groups excluding carboxylic acids is 1. The van der Waals surface area contributed by atoms with Crippen molar-refractivity contribution in [1.82, 2.24) is 19.6 Å². The second-order valence-corrected chi connectivity index (χ2v) is 11.9. The number of aliphatic hydroxyl groups is 1. The quantitative estimate of drug-likeness (QED) is 0.173. The Morgan fingerprint density at radius 1 is 1.34 bits per heavy atom. The predicted octanol–water partition coefficient (Wildman–Crippen LogP) is 1.69. The molecule has 1 unspecified atom stereocenters. The first-order valence-electron chi connectivity index (χ1n) is 12.2. The molecule has 210 valence electrons. The number of anilines is 2. The molecular weight excluding hydrogens is 522 g/mol. The molecule has 1 aliphatic heterocycles. The highest BCUT2D eigenvalue weighted by Gasteiger charge is 2.32. The maximum Gasteiger partial charge on any atom is 0.345 e. The monoisotopic (exact) mass is 557 g/mol. The lowest BCUT2D eigenvalue weighted by Gasteiger charge is -2.29. The van der Waals surface area contributed by atoms with Crippen LogP contribution >= 0.6 is 0 Å². The second-order valence-electron chi connectivity index (χ2n) is 9.74. The third kappa shape index (κ3) is 7.12. The molecule has 6 N–H and O–H groups in total. The number of aromatic nitrogens is 2. The highest BCUT2D eigenvalue weighted by atomic mass is 32.2. The predicted molar refractivity (Wildman–Crippen MR) is 140 cm³/mol. The number of halogens is 2. The van der Waals surface area contributed by atoms with Crippen LogP contribution in [0.25, 0.3) is 0 Å². The summed E-state index contributed by atoms with van der Waals surface area (Å²) in [5.41, 5.74) is 4.70. The van der Waals surface area contributed by atoms with E-state index in [4.69, 9.17) is 10.5 Å². The van der Waals surface area contributed by atoms with Crippen LogP contribution in [-0.4, -0.2) is 84.3 Å². The van der Waals surface area contributed by atoms with E-state index in [9.17, 15) is 27.1 Å². The van der Waals surface area contributed by atoms with Crippen LogP contribution in [0.15, 0.2) is 18.3 Å². The molecule has 38 heavy (non-hydrogen) atoms. The minimum Gasteiger partial charge on any atom is -0.496 e. The zero-order valence-electron chi connectivity index (χ0n) is 21.7. The van der Waals surface area contributed by atoms with E-state index < -0.39 is 38.5 Å². The molecule has 3 rings (SSSR count). The standard InChI is InChI=1S/C24H34F2N6O5S/c1-24(2,14-33)29-9-4-12-38(35,36)32-10-7-15(8-11-32)30-23-28-13-16(22(27)31-23)21(34)19-18(37-3)6-5-17(25)20(19)26/h5-6,13,15,29,33H,4,7-12,14H2,1-3H3,(H3,27,28,30,31)/p+1. The lowest BCUT2D eigenvalue weighted by atomic mass is 10.0. The SMILES string of the molecule is COc1ccc(F)c(F)c1C(=O)c1cnc(NC2CCN(S(=O)(=[OH+])CCCNC(C)(C)CO)CC2)nc1N. The average molecular weight is 558 g/mol. The molecular formula is C24H35F2N6O5S+. The van der Waals surface area contributed by atoms with Gasteiger partial charge in [0.25, 0.3) is 0 Å². The van der Waals surface area contributed by atoms with Crippen LogP contribution in [-0.2, 0) is 10.0 Å². The molecule has 1 aromatic carbocycles. The Balaban J connectivity index is 1.57. The highest BCUT2D eigenvalue weighted by Crippen LogP contribution is 2.28. The van der Waals surface area contributed by atoms with Crippen molar-refractivity contribution in [3.63, 3.8) is 0 Å². The fraction of sp³-hybridized carbons (Fsp3) is 0.542. The second kappa shape index (κ2) is 12.3. The summed E-state index contributed by atoms with van der Waals surface area (Å²) in [5, 5.41) is 15.5. The van der Waals surface area contributed by atoms with E-state index in [-0.39, 0.29) is 41.5 Å². The zero-order chi connectivity index (χ0) is 28.1. The van der Waals surface area contributed by atoms with Gasteiger partial charge in [-0.3, -0.25) is 4.79 Å². The molecule has 1 atom stereocenters. The van der Waals surface area contributed by atoms with Crippen molar-refractivity contribution in [1.29, 1.82) is 0 Å². The maximum atomic E-state index is 14.3. The first-order chi connectivity index (χ1) is 17.9. The molecule has 11 nitrogen and oxygen atoms in total. The maximum absolute atomic E-state index is 14.3. The molecule has 14 heteroatoms. The number of nitrogens with two attached hydrogens (primary N) is 1. The van der Waals surface area contributed by atoms with Gasteiger partial charge in [-0.05, 0) is 51.8 Å².